The first-order chi connectivity index (χ1) is 14.2. The summed E-state index contributed by atoms with van der Waals surface area (Å²) in [6, 6.07) is 42.1. The Bertz CT molecular complexity index is 958. The molecule has 0 aliphatic heterocycles. The van der Waals surface area contributed by atoms with Crippen molar-refractivity contribution in [2.24, 2.45) is 0 Å². The van der Waals surface area contributed by atoms with Gasteiger partial charge in [0.15, 0.2) is 0 Å². The molecule has 0 aromatic heterocycles. The van der Waals surface area contributed by atoms with E-state index in [9.17, 15) is 0 Å². The summed E-state index contributed by atoms with van der Waals surface area (Å²) >= 11 is 4.52. The fourth-order valence-electron chi connectivity index (χ4n) is 4.25. The molecule has 2 heteroatoms. The van der Waals surface area contributed by atoms with Crippen LogP contribution in [0.15, 0.2) is 115 Å². The second-order valence-corrected chi connectivity index (χ2v) is 15.8. The fraction of sp³-hybridized carbons (Fsp3) is 0.111. The summed E-state index contributed by atoms with van der Waals surface area (Å²) in [6.07, 6.45) is 2.27. The molecule has 0 aliphatic rings. The van der Waals surface area contributed by atoms with Gasteiger partial charge in [0.1, 0.15) is 0 Å². The minimum atomic E-state index is -3.05. The molecule has 0 amide bonds. The topological polar surface area (TPSA) is 0 Å². The number of hydrogen-bond acceptors (Lipinski definition) is 0. The van der Waals surface area contributed by atoms with E-state index in [1.54, 1.807) is 0 Å². The summed E-state index contributed by atoms with van der Waals surface area (Å²) in [5.41, 5.74) is 1.39. The number of benzene rings is 4. The molecule has 4 aromatic carbocycles. The Hall–Kier alpha value is -2.21. The van der Waals surface area contributed by atoms with E-state index in [1.165, 1.54) is 26.8 Å². The van der Waals surface area contributed by atoms with Gasteiger partial charge in [0.05, 0.1) is 0 Å². The van der Waals surface area contributed by atoms with Gasteiger partial charge < -0.3 is 0 Å². The van der Waals surface area contributed by atoms with E-state index in [-0.39, 0.29) is 0 Å². The van der Waals surface area contributed by atoms with Crippen LogP contribution in [-0.4, -0.2) is 0 Å². The number of halogens is 1. The first-order valence-corrected chi connectivity index (χ1v) is 14.4. The summed E-state index contributed by atoms with van der Waals surface area (Å²) in [6.45, 7) is 2.23. The third-order valence-electron chi connectivity index (χ3n) is 5.68. The van der Waals surface area contributed by atoms with Crippen LogP contribution in [0.25, 0.3) is 0 Å². The molecule has 0 aliphatic carbocycles. The number of aryl methyl sites for hydroxylation is 1. The molecule has 0 fully saturated rings. The molecule has 4 aromatic rings. The normalized spacial score (nSPS) is 12.8. The van der Waals surface area contributed by atoms with Crippen molar-refractivity contribution in [2.75, 3.05) is 0 Å². The van der Waals surface area contributed by atoms with Gasteiger partial charge in [-0.3, -0.25) is 0 Å². The van der Waals surface area contributed by atoms with Gasteiger partial charge in [-0.2, -0.15) is 0 Å². The van der Waals surface area contributed by atoms with Crippen LogP contribution in [0.2, 0.25) is 0 Å². The zero-order chi connectivity index (χ0) is 20.2. The van der Waals surface area contributed by atoms with E-state index in [0.29, 0.717) is 0 Å². The third-order valence-corrected chi connectivity index (χ3v) is 15.7. The Morgan fingerprint density at radius 3 is 1.21 bits per heavy atom. The van der Waals surface area contributed by atoms with Gasteiger partial charge in [0.2, 0.25) is 0 Å². The van der Waals surface area contributed by atoms with Crippen LogP contribution < -0.4 is 21.2 Å². The first-order valence-electron chi connectivity index (χ1n) is 10.2. The Morgan fingerprint density at radius 1 is 0.517 bits per heavy atom. The summed E-state index contributed by atoms with van der Waals surface area (Å²) in [5, 5.41) is 2.24. The van der Waals surface area contributed by atoms with Crippen LogP contribution in [-0.2, 0) is 6.42 Å². The van der Waals surface area contributed by atoms with Crippen molar-refractivity contribution < 1.29 is 0 Å². The molecule has 0 saturated carbocycles. The fourth-order valence-corrected chi connectivity index (χ4v) is 11.8. The van der Waals surface area contributed by atoms with Crippen molar-refractivity contribution in [2.45, 2.75) is 19.8 Å². The van der Waals surface area contributed by atoms with Crippen molar-refractivity contribution in [1.29, 1.82) is 0 Å². The molecule has 29 heavy (non-hydrogen) atoms. The van der Waals surface area contributed by atoms with E-state index in [1.807, 2.05) is 0 Å². The van der Waals surface area contributed by atoms with E-state index < -0.39 is 5.31 Å². The molecule has 0 saturated heterocycles. The third kappa shape index (κ3) is 3.27. The Balaban J connectivity index is 2.13. The van der Waals surface area contributed by atoms with Gasteiger partial charge in [0, 0.05) is 0 Å². The van der Waals surface area contributed by atoms with Crippen molar-refractivity contribution in [3.8, 4) is 0 Å². The predicted octanol–water partition coefficient (Wildman–Crippen LogP) is 6.10. The number of rotatable bonds is 6. The molecule has 146 valence electrons. The molecular weight excluding hydrogens is 435 g/mol. The molecule has 0 atom stereocenters. The standard InChI is InChI=1S/C27H26BrP/c1-2-12-23-19-21-27(22-20-23)29(28,24-13-6-3-7-14-24,25-15-8-4-9-16-25)26-17-10-5-11-18-26/h3-11,13-22H,2,12H2,1H3. The molecule has 0 spiro atoms. The molecular formula is C27H26BrP. The molecule has 0 heterocycles. The van der Waals surface area contributed by atoms with Gasteiger partial charge in [-0.15, -0.1) is 0 Å². The number of hydrogen-bond donors (Lipinski definition) is 0. The average molecular weight is 461 g/mol. The maximum absolute atomic E-state index is 4.52. The van der Waals surface area contributed by atoms with E-state index in [2.05, 4.69) is 138 Å². The van der Waals surface area contributed by atoms with Crippen molar-refractivity contribution >= 4 is 42.0 Å². The van der Waals surface area contributed by atoms with Crippen LogP contribution in [0.4, 0.5) is 0 Å². The Labute approximate surface area is 182 Å². The van der Waals surface area contributed by atoms with Crippen LogP contribution >= 0.6 is 20.8 Å². The monoisotopic (exact) mass is 460 g/mol. The molecule has 0 nitrogen and oxygen atoms in total. The zero-order valence-electron chi connectivity index (χ0n) is 16.7. The second kappa shape index (κ2) is 8.27. The van der Waals surface area contributed by atoms with E-state index in [0.717, 1.165) is 12.8 Å². The van der Waals surface area contributed by atoms with Crippen LogP contribution in [0.5, 0.6) is 0 Å². The first kappa shape index (κ1) is 20.1. The van der Waals surface area contributed by atoms with Crippen molar-refractivity contribution in [3.63, 3.8) is 0 Å². The van der Waals surface area contributed by atoms with Gasteiger partial charge >= 0.3 is 183 Å². The Kier molecular flexibility index (Phi) is 5.72. The van der Waals surface area contributed by atoms with Gasteiger partial charge in [0.25, 0.3) is 0 Å². The molecule has 4 rings (SSSR count). The zero-order valence-corrected chi connectivity index (χ0v) is 19.2. The summed E-state index contributed by atoms with van der Waals surface area (Å²) in [4.78, 5) is 0. The molecule has 0 radical (unpaired) electrons. The SMILES string of the molecule is CCCc1ccc(P(Br)(c2ccccc2)(c2ccccc2)c2ccccc2)cc1. The van der Waals surface area contributed by atoms with Crippen LogP contribution in [0, 0.1) is 0 Å². The van der Waals surface area contributed by atoms with E-state index in [4.69, 9.17) is 0 Å². The summed E-state index contributed by atoms with van der Waals surface area (Å²) < 4.78 is 0. The van der Waals surface area contributed by atoms with Gasteiger partial charge in [-0.05, 0) is 0 Å². The molecule has 0 bridgehead atoms. The van der Waals surface area contributed by atoms with Crippen LogP contribution in [0.3, 0.4) is 0 Å². The second-order valence-electron chi connectivity index (χ2n) is 7.43. The van der Waals surface area contributed by atoms with Crippen LogP contribution in [0.1, 0.15) is 18.9 Å². The summed E-state index contributed by atoms with van der Waals surface area (Å²) in [7, 11) is 0. The average Bonchev–Trinajstić information content (AvgIpc) is 2.81. The van der Waals surface area contributed by atoms with Gasteiger partial charge in [-0.1, -0.05) is 0 Å². The summed E-state index contributed by atoms with van der Waals surface area (Å²) in [5.74, 6) is 0. The van der Waals surface area contributed by atoms with Gasteiger partial charge in [-0.25, -0.2) is 0 Å². The predicted molar refractivity (Wildman–Crippen MR) is 134 cm³/mol. The minimum absolute atomic E-state index is 1.11. The van der Waals surface area contributed by atoms with E-state index >= 15 is 0 Å². The molecule has 0 unspecified atom stereocenters. The van der Waals surface area contributed by atoms with Crippen molar-refractivity contribution in [1.82, 2.24) is 0 Å². The quantitative estimate of drug-likeness (QED) is 0.304. The molecule has 0 N–H and O–H groups in total. The Morgan fingerprint density at radius 2 is 0.862 bits per heavy atom. The maximum atomic E-state index is 4.52. The van der Waals surface area contributed by atoms with Crippen molar-refractivity contribution in [3.05, 3.63) is 121 Å².